The summed E-state index contributed by atoms with van der Waals surface area (Å²) in [5.41, 5.74) is 2.18. The Hall–Kier alpha value is -1.95. The van der Waals surface area contributed by atoms with Gasteiger partial charge in [-0.05, 0) is 36.4 Å². The van der Waals surface area contributed by atoms with Crippen molar-refractivity contribution in [1.82, 2.24) is 15.2 Å². The summed E-state index contributed by atoms with van der Waals surface area (Å²) in [7, 11) is 0. The Bertz CT molecular complexity index is 619. The second-order valence-corrected chi connectivity index (χ2v) is 6.27. The molecular weight excluding hydrogens is 314 g/mol. The summed E-state index contributed by atoms with van der Waals surface area (Å²) in [4.78, 5) is 6.69. The van der Waals surface area contributed by atoms with E-state index in [9.17, 15) is 0 Å². The van der Waals surface area contributed by atoms with E-state index in [1.54, 1.807) is 6.20 Å². The fourth-order valence-electron chi connectivity index (χ4n) is 2.91. The van der Waals surface area contributed by atoms with E-state index in [1.807, 2.05) is 30.3 Å². The van der Waals surface area contributed by atoms with Gasteiger partial charge in [0.1, 0.15) is 12.4 Å². The Kier molecular flexibility index (Phi) is 6.79. The molecule has 134 valence electrons. The molecule has 1 unspecified atom stereocenters. The van der Waals surface area contributed by atoms with Crippen molar-refractivity contribution in [1.29, 1.82) is 0 Å². The van der Waals surface area contributed by atoms with Gasteiger partial charge in [-0.3, -0.25) is 9.88 Å². The first-order valence-electron chi connectivity index (χ1n) is 9.00. The summed E-state index contributed by atoms with van der Waals surface area (Å²) in [5.74, 6) is 0.864. The first kappa shape index (κ1) is 17.9. The van der Waals surface area contributed by atoms with Crippen molar-refractivity contribution in [3.8, 4) is 5.75 Å². The average molecular weight is 341 g/mol. The first-order chi connectivity index (χ1) is 12.3. The molecule has 0 spiro atoms. The Morgan fingerprint density at radius 1 is 1.24 bits per heavy atom. The van der Waals surface area contributed by atoms with Crippen LogP contribution < -0.4 is 10.1 Å². The summed E-state index contributed by atoms with van der Waals surface area (Å²) in [6.45, 7) is 8.42. The molecule has 0 aliphatic carbocycles. The highest BCUT2D eigenvalue weighted by Crippen LogP contribution is 2.14. The minimum Gasteiger partial charge on any atom is -0.487 e. The molecule has 0 bridgehead atoms. The lowest BCUT2D eigenvalue weighted by Gasteiger charge is -2.32. The number of benzene rings is 1. The van der Waals surface area contributed by atoms with E-state index in [4.69, 9.17) is 9.47 Å². The molecule has 1 fully saturated rings. The third kappa shape index (κ3) is 5.81. The number of aromatic nitrogens is 1. The molecule has 3 rings (SSSR count). The maximum Gasteiger partial charge on any atom is 0.130 e. The van der Waals surface area contributed by atoms with Gasteiger partial charge in [0.25, 0.3) is 0 Å². The van der Waals surface area contributed by atoms with E-state index in [-0.39, 0.29) is 6.10 Å². The van der Waals surface area contributed by atoms with Crippen LogP contribution in [0.4, 0.5) is 0 Å². The standard InChI is InChI=1S/C20H27N3O2/c1-2-23-11-12-24-20(15-23)14-21-13-17-6-8-19(9-7-17)25-16-18-5-3-4-10-22-18/h3-10,20-21H,2,11-16H2,1H3. The molecule has 1 atom stereocenters. The van der Waals surface area contributed by atoms with Crippen molar-refractivity contribution in [2.45, 2.75) is 26.2 Å². The summed E-state index contributed by atoms with van der Waals surface area (Å²) >= 11 is 0. The van der Waals surface area contributed by atoms with Crippen LogP contribution in [-0.4, -0.2) is 48.8 Å². The molecule has 2 aromatic rings. The molecule has 0 amide bonds. The highest BCUT2D eigenvalue weighted by molar-refractivity contribution is 5.27. The zero-order valence-electron chi connectivity index (χ0n) is 14.9. The molecule has 5 heteroatoms. The Labute approximate surface area is 150 Å². The number of rotatable bonds is 8. The third-order valence-electron chi connectivity index (χ3n) is 4.41. The second-order valence-electron chi connectivity index (χ2n) is 6.27. The van der Waals surface area contributed by atoms with Crippen molar-refractivity contribution in [3.63, 3.8) is 0 Å². The number of hydrogen-bond donors (Lipinski definition) is 1. The predicted octanol–water partition coefficient (Wildman–Crippen LogP) is 2.47. The van der Waals surface area contributed by atoms with Crippen molar-refractivity contribution in [2.75, 3.05) is 32.8 Å². The topological polar surface area (TPSA) is 46.6 Å². The molecule has 1 aromatic carbocycles. The van der Waals surface area contributed by atoms with E-state index in [2.05, 4.69) is 34.3 Å². The van der Waals surface area contributed by atoms with Crippen LogP contribution in [0, 0.1) is 0 Å². The molecule has 1 saturated heterocycles. The highest BCUT2D eigenvalue weighted by atomic mass is 16.5. The zero-order valence-corrected chi connectivity index (χ0v) is 14.9. The lowest BCUT2D eigenvalue weighted by molar-refractivity contribution is -0.0253. The van der Waals surface area contributed by atoms with Crippen LogP contribution in [0.25, 0.3) is 0 Å². The van der Waals surface area contributed by atoms with Gasteiger partial charge in [-0.2, -0.15) is 0 Å². The maximum absolute atomic E-state index is 5.81. The monoisotopic (exact) mass is 341 g/mol. The van der Waals surface area contributed by atoms with Crippen LogP contribution in [0.2, 0.25) is 0 Å². The van der Waals surface area contributed by atoms with Gasteiger partial charge in [0, 0.05) is 32.4 Å². The van der Waals surface area contributed by atoms with Gasteiger partial charge in [-0.25, -0.2) is 0 Å². The Balaban J connectivity index is 1.39. The fraction of sp³-hybridized carbons (Fsp3) is 0.450. The largest absolute Gasteiger partial charge is 0.487 e. The van der Waals surface area contributed by atoms with E-state index in [0.29, 0.717) is 6.61 Å². The van der Waals surface area contributed by atoms with E-state index < -0.39 is 0 Å². The predicted molar refractivity (Wildman–Crippen MR) is 98.6 cm³/mol. The van der Waals surface area contributed by atoms with Crippen molar-refractivity contribution in [2.24, 2.45) is 0 Å². The summed E-state index contributed by atoms with van der Waals surface area (Å²) in [6, 6.07) is 14.1. The highest BCUT2D eigenvalue weighted by Gasteiger charge is 2.18. The van der Waals surface area contributed by atoms with E-state index >= 15 is 0 Å². The molecule has 5 nitrogen and oxygen atoms in total. The van der Waals surface area contributed by atoms with Crippen LogP contribution in [-0.2, 0) is 17.9 Å². The van der Waals surface area contributed by atoms with Gasteiger partial charge in [0.2, 0.25) is 0 Å². The number of likely N-dealkylation sites (N-methyl/N-ethyl adjacent to an activating group) is 1. The first-order valence-corrected chi connectivity index (χ1v) is 9.00. The summed E-state index contributed by atoms with van der Waals surface area (Å²) in [6.07, 6.45) is 2.07. The van der Waals surface area contributed by atoms with Crippen molar-refractivity contribution in [3.05, 3.63) is 59.9 Å². The summed E-state index contributed by atoms with van der Waals surface area (Å²) < 4.78 is 11.6. The van der Waals surface area contributed by atoms with Crippen molar-refractivity contribution < 1.29 is 9.47 Å². The SMILES string of the molecule is CCN1CCOC(CNCc2ccc(OCc3ccccn3)cc2)C1. The van der Waals surface area contributed by atoms with Gasteiger partial charge in [-0.15, -0.1) is 0 Å². The smallest absolute Gasteiger partial charge is 0.130 e. The molecular formula is C20H27N3O2. The van der Waals surface area contributed by atoms with E-state index in [0.717, 1.165) is 50.8 Å². The molecule has 1 aromatic heterocycles. The molecule has 0 saturated carbocycles. The number of nitrogens with zero attached hydrogens (tertiary/aromatic N) is 2. The number of pyridine rings is 1. The number of hydrogen-bond acceptors (Lipinski definition) is 5. The minimum atomic E-state index is 0.287. The Morgan fingerprint density at radius 2 is 2.12 bits per heavy atom. The van der Waals surface area contributed by atoms with Crippen LogP contribution in [0.1, 0.15) is 18.2 Å². The lowest BCUT2D eigenvalue weighted by Crippen LogP contribution is -2.46. The van der Waals surface area contributed by atoms with Crippen LogP contribution in [0.5, 0.6) is 5.75 Å². The molecule has 2 heterocycles. The van der Waals surface area contributed by atoms with Gasteiger partial charge in [0.05, 0.1) is 18.4 Å². The van der Waals surface area contributed by atoms with Crippen LogP contribution in [0.3, 0.4) is 0 Å². The molecule has 1 N–H and O–H groups in total. The molecule has 1 aliphatic heterocycles. The maximum atomic E-state index is 5.81. The van der Waals surface area contributed by atoms with Crippen molar-refractivity contribution >= 4 is 0 Å². The Morgan fingerprint density at radius 3 is 2.88 bits per heavy atom. The summed E-state index contributed by atoms with van der Waals surface area (Å²) in [5, 5.41) is 3.49. The molecule has 1 aliphatic rings. The van der Waals surface area contributed by atoms with Gasteiger partial charge < -0.3 is 14.8 Å². The third-order valence-corrected chi connectivity index (χ3v) is 4.41. The van der Waals surface area contributed by atoms with Gasteiger partial charge in [-0.1, -0.05) is 25.1 Å². The van der Waals surface area contributed by atoms with Gasteiger partial charge in [0.15, 0.2) is 0 Å². The number of nitrogens with one attached hydrogen (secondary N) is 1. The fourth-order valence-corrected chi connectivity index (χ4v) is 2.91. The zero-order chi connectivity index (χ0) is 17.3. The minimum absolute atomic E-state index is 0.287. The second kappa shape index (κ2) is 9.51. The van der Waals surface area contributed by atoms with Crippen LogP contribution >= 0.6 is 0 Å². The van der Waals surface area contributed by atoms with Gasteiger partial charge >= 0.3 is 0 Å². The quantitative estimate of drug-likeness (QED) is 0.799. The molecule has 25 heavy (non-hydrogen) atoms. The number of ether oxygens (including phenoxy) is 2. The normalized spacial score (nSPS) is 18.2. The number of morpholine rings is 1. The average Bonchev–Trinajstić information content (AvgIpc) is 2.68. The molecule has 0 radical (unpaired) electrons. The van der Waals surface area contributed by atoms with Crippen LogP contribution in [0.15, 0.2) is 48.7 Å². The lowest BCUT2D eigenvalue weighted by atomic mass is 10.2. The van der Waals surface area contributed by atoms with E-state index in [1.165, 1.54) is 5.56 Å².